The van der Waals surface area contributed by atoms with Crippen LogP contribution in [-0.4, -0.2) is 6.29 Å². The zero-order chi connectivity index (χ0) is 15.3. The minimum absolute atomic E-state index is 0.120. The van der Waals surface area contributed by atoms with E-state index in [9.17, 15) is 15.3 Å². The van der Waals surface area contributed by atoms with Gasteiger partial charge in [-0.05, 0) is 22.3 Å². The average Bonchev–Trinajstić information content (AvgIpc) is 2.60. The van der Waals surface area contributed by atoms with E-state index in [-0.39, 0.29) is 17.8 Å². The number of fused-ring (bicyclic) bond motifs is 1. The molecule has 0 spiro atoms. The molecule has 0 aromatic heterocycles. The number of carbonyl (C=O) groups excluding carboxylic acids is 1. The second-order valence-corrected chi connectivity index (χ2v) is 5.86. The van der Waals surface area contributed by atoms with Crippen LogP contribution in [0.1, 0.15) is 44.4 Å². The maximum Gasteiger partial charge on any atom is 0.150 e. The second kappa shape index (κ2) is 4.55. The molecule has 2 aromatic carbocycles. The molecule has 0 aliphatic heterocycles. The lowest BCUT2D eigenvalue weighted by Crippen LogP contribution is -2.39. The van der Waals surface area contributed by atoms with E-state index >= 15 is 0 Å². The number of nitrogens with zero attached hydrogens (tertiary/aromatic N) is 2. The zero-order valence-corrected chi connectivity index (χ0v) is 11.7. The van der Waals surface area contributed by atoms with E-state index < -0.39 is 5.92 Å². The van der Waals surface area contributed by atoms with Gasteiger partial charge in [0.2, 0.25) is 0 Å². The normalized spacial score (nSPS) is 27.2. The molecule has 4 atom stereocenters. The highest BCUT2D eigenvalue weighted by Crippen LogP contribution is 2.58. The Bertz CT molecular complexity index is 872. The summed E-state index contributed by atoms with van der Waals surface area (Å²) in [7, 11) is 0. The average molecular weight is 284 g/mol. The van der Waals surface area contributed by atoms with Gasteiger partial charge < -0.3 is 0 Å². The van der Waals surface area contributed by atoms with Crippen molar-refractivity contribution in [3.63, 3.8) is 0 Å². The van der Waals surface area contributed by atoms with Gasteiger partial charge in [0.05, 0.1) is 24.0 Å². The fraction of sp³-hybridized carbons (Fsp3) is 0.211. The highest BCUT2D eigenvalue weighted by atomic mass is 16.1. The van der Waals surface area contributed by atoms with Gasteiger partial charge in [-0.25, -0.2) is 0 Å². The van der Waals surface area contributed by atoms with Gasteiger partial charge in [0, 0.05) is 17.4 Å². The monoisotopic (exact) mass is 284 g/mol. The quantitative estimate of drug-likeness (QED) is 0.754. The fourth-order valence-electron chi connectivity index (χ4n) is 4.22. The van der Waals surface area contributed by atoms with Crippen molar-refractivity contribution >= 4 is 6.29 Å². The molecule has 104 valence electrons. The van der Waals surface area contributed by atoms with E-state index in [2.05, 4.69) is 12.1 Å². The Labute approximate surface area is 128 Å². The molecule has 3 aliphatic carbocycles. The number of carbonyl (C=O) groups is 1. The van der Waals surface area contributed by atoms with Crippen molar-refractivity contribution in [3.8, 4) is 12.1 Å². The van der Waals surface area contributed by atoms with Crippen molar-refractivity contribution in [2.24, 2.45) is 11.8 Å². The molecule has 0 unspecified atom stereocenters. The lowest BCUT2D eigenvalue weighted by Gasteiger charge is -2.46. The van der Waals surface area contributed by atoms with Crippen molar-refractivity contribution in [2.75, 3.05) is 0 Å². The highest BCUT2D eigenvalue weighted by Gasteiger charge is 2.50. The van der Waals surface area contributed by atoms with Crippen LogP contribution < -0.4 is 0 Å². The molecule has 5 rings (SSSR count). The van der Waals surface area contributed by atoms with Crippen molar-refractivity contribution in [1.29, 1.82) is 10.5 Å². The molecular weight excluding hydrogens is 272 g/mol. The van der Waals surface area contributed by atoms with Crippen molar-refractivity contribution in [2.45, 2.75) is 11.8 Å². The van der Waals surface area contributed by atoms with Gasteiger partial charge in [0.15, 0.2) is 0 Å². The maximum absolute atomic E-state index is 11.5. The third-order valence-electron chi connectivity index (χ3n) is 5.02. The molecule has 0 heterocycles. The Kier molecular flexibility index (Phi) is 2.65. The molecule has 0 saturated heterocycles. The van der Waals surface area contributed by atoms with Gasteiger partial charge in [-0.2, -0.15) is 10.5 Å². The van der Waals surface area contributed by atoms with Crippen molar-refractivity contribution in [1.82, 2.24) is 0 Å². The van der Waals surface area contributed by atoms with E-state index in [4.69, 9.17) is 0 Å². The molecule has 2 bridgehead atoms. The first-order valence-corrected chi connectivity index (χ1v) is 7.28. The number of nitriles is 2. The van der Waals surface area contributed by atoms with Gasteiger partial charge in [0.25, 0.3) is 0 Å². The summed E-state index contributed by atoms with van der Waals surface area (Å²) in [4.78, 5) is 11.5. The molecule has 0 amide bonds. The number of benzene rings is 2. The predicted molar refractivity (Wildman–Crippen MR) is 80.2 cm³/mol. The van der Waals surface area contributed by atoms with Gasteiger partial charge in [-0.15, -0.1) is 0 Å². The van der Waals surface area contributed by atoms with Crippen LogP contribution in [0.3, 0.4) is 0 Å². The van der Waals surface area contributed by atoms with Crippen molar-refractivity contribution in [3.05, 3.63) is 70.3 Å². The minimum Gasteiger partial charge on any atom is -0.298 e. The Morgan fingerprint density at radius 2 is 1.41 bits per heavy atom. The summed E-state index contributed by atoms with van der Waals surface area (Å²) in [6, 6.07) is 18.3. The predicted octanol–water partition coefficient (Wildman–Crippen LogP) is 3.37. The van der Waals surface area contributed by atoms with E-state index in [1.165, 1.54) is 0 Å². The van der Waals surface area contributed by atoms with Crippen LogP contribution >= 0.6 is 0 Å². The number of aldehydes is 1. The van der Waals surface area contributed by atoms with E-state index in [0.717, 1.165) is 28.5 Å². The zero-order valence-electron chi connectivity index (χ0n) is 11.7. The van der Waals surface area contributed by atoms with Crippen LogP contribution in [0.4, 0.5) is 0 Å². The Morgan fingerprint density at radius 1 is 0.818 bits per heavy atom. The standard InChI is InChI=1S/C19H12N2O/c20-8-15-16(9-21)19-13-6-2-1-5-12(13)18(15)14-7-3-4-11(10-22)17(14)19/h1-7,10,15-16,18-19H/t15-,16-,18+,19-/m0/s1. The summed E-state index contributed by atoms with van der Waals surface area (Å²) in [5, 5.41) is 19.3. The Morgan fingerprint density at radius 3 is 2.05 bits per heavy atom. The van der Waals surface area contributed by atoms with Crippen LogP contribution in [0.25, 0.3) is 0 Å². The van der Waals surface area contributed by atoms with E-state index in [0.29, 0.717) is 5.56 Å². The van der Waals surface area contributed by atoms with Gasteiger partial charge in [-0.1, -0.05) is 42.5 Å². The summed E-state index contributed by atoms with van der Waals surface area (Å²) in [6.45, 7) is 0. The highest BCUT2D eigenvalue weighted by molar-refractivity contribution is 5.81. The first kappa shape index (κ1) is 12.8. The molecule has 3 aliphatic rings. The van der Waals surface area contributed by atoms with Gasteiger partial charge in [-0.3, -0.25) is 4.79 Å². The molecule has 2 aromatic rings. The summed E-state index contributed by atoms with van der Waals surface area (Å²) >= 11 is 0. The molecule has 0 saturated carbocycles. The van der Waals surface area contributed by atoms with E-state index in [1.807, 2.05) is 36.4 Å². The van der Waals surface area contributed by atoms with Crippen LogP contribution in [0.15, 0.2) is 42.5 Å². The largest absolute Gasteiger partial charge is 0.298 e. The summed E-state index contributed by atoms with van der Waals surface area (Å²) in [6.07, 6.45) is 0.859. The van der Waals surface area contributed by atoms with Gasteiger partial charge >= 0.3 is 0 Å². The Hall–Kier alpha value is -2.91. The van der Waals surface area contributed by atoms with Gasteiger partial charge in [0.1, 0.15) is 6.29 Å². The first-order chi connectivity index (χ1) is 10.8. The molecular formula is C19H12N2O. The summed E-state index contributed by atoms with van der Waals surface area (Å²) in [5.74, 6) is -1.07. The third kappa shape index (κ3) is 1.41. The summed E-state index contributed by atoms with van der Waals surface area (Å²) < 4.78 is 0. The molecule has 0 N–H and O–H groups in total. The topological polar surface area (TPSA) is 64.7 Å². The molecule has 0 fully saturated rings. The summed E-state index contributed by atoms with van der Waals surface area (Å²) in [5.41, 5.74) is 4.83. The maximum atomic E-state index is 11.5. The van der Waals surface area contributed by atoms with Crippen molar-refractivity contribution < 1.29 is 4.79 Å². The fourth-order valence-corrected chi connectivity index (χ4v) is 4.22. The SMILES string of the molecule is N#C[C@@H]1[C@@H]2c3ccccc3[C@H](c3c(C=O)cccc32)[C@H]1C#N. The molecule has 0 radical (unpaired) electrons. The number of hydrogen-bond acceptors (Lipinski definition) is 3. The van der Waals surface area contributed by atoms with Crippen LogP contribution in [0, 0.1) is 34.5 Å². The molecule has 3 nitrogen and oxygen atoms in total. The van der Waals surface area contributed by atoms with Crippen LogP contribution in [0.5, 0.6) is 0 Å². The second-order valence-electron chi connectivity index (χ2n) is 5.86. The van der Waals surface area contributed by atoms with Crippen LogP contribution in [-0.2, 0) is 0 Å². The lowest BCUT2D eigenvalue weighted by atomic mass is 9.54. The molecule has 22 heavy (non-hydrogen) atoms. The lowest BCUT2D eigenvalue weighted by molar-refractivity contribution is 0.112. The van der Waals surface area contributed by atoms with E-state index in [1.54, 1.807) is 6.07 Å². The smallest absolute Gasteiger partial charge is 0.150 e. The number of rotatable bonds is 1. The molecule has 3 heteroatoms. The number of hydrogen-bond donors (Lipinski definition) is 0. The minimum atomic E-state index is -0.404. The first-order valence-electron chi connectivity index (χ1n) is 7.28. The Balaban J connectivity index is 2.11. The van der Waals surface area contributed by atoms with Crippen LogP contribution in [0.2, 0.25) is 0 Å². The third-order valence-corrected chi connectivity index (χ3v) is 5.02.